The molecule has 1 saturated carbocycles. The minimum Gasteiger partial charge on any atom is -0.311 e. The number of benzene rings is 2. The molecule has 6 heteroatoms. The normalized spacial score (nSPS) is 20.2. The van der Waals surface area contributed by atoms with Crippen molar-refractivity contribution in [3.63, 3.8) is 0 Å². The van der Waals surface area contributed by atoms with Gasteiger partial charge in [-0.3, -0.25) is 9.59 Å². The SMILES string of the molecule is CC(C1CC1)n1nccc1NC(=O)C1CC(=O)N(c2cccc3ccccc23)C1. The van der Waals surface area contributed by atoms with E-state index in [0.29, 0.717) is 18.3 Å². The fourth-order valence-electron chi connectivity index (χ4n) is 4.30. The molecule has 1 aliphatic heterocycles. The number of hydrogen-bond acceptors (Lipinski definition) is 3. The molecular formula is C23H24N4O2. The first-order valence-corrected chi connectivity index (χ1v) is 10.2. The number of amides is 2. The molecule has 1 aromatic heterocycles. The lowest BCUT2D eigenvalue weighted by molar-refractivity contribution is -0.122. The first-order valence-electron chi connectivity index (χ1n) is 10.2. The number of hydrogen-bond donors (Lipinski definition) is 1. The highest BCUT2D eigenvalue weighted by Crippen LogP contribution is 2.40. The average Bonchev–Trinajstić information content (AvgIpc) is 3.37. The molecule has 2 aromatic carbocycles. The maximum atomic E-state index is 12.9. The minimum atomic E-state index is -0.374. The number of aromatic nitrogens is 2. The molecule has 0 bridgehead atoms. The Kier molecular flexibility index (Phi) is 4.34. The number of rotatable bonds is 5. The van der Waals surface area contributed by atoms with Crippen molar-refractivity contribution in [3.8, 4) is 0 Å². The summed E-state index contributed by atoms with van der Waals surface area (Å²) in [5.41, 5.74) is 0.871. The standard InChI is InChI=1S/C23H24N4O2/c1-15(16-9-10-16)27-21(11-12-24-27)25-23(29)18-13-22(28)26(14-18)20-8-4-6-17-5-2-3-7-19(17)20/h2-8,11-12,15-16,18H,9-10,13-14H2,1H3,(H,25,29). The Hall–Kier alpha value is -3.15. The predicted octanol–water partition coefficient (Wildman–Crippen LogP) is 4.00. The summed E-state index contributed by atoms with van der Waals surface area (Å²) in [6.07, 6.45) is 4.37. The lowest BCUT2D eigenvalue weighted by atomic mass is 10.1. The number of anilines is 2. The fraction of sp³-hybridized carbons (Fsp3) is 0.348. The molecule has 2 fully saturated rings. The lowest BCUT2D eigenvalue weighted by Gasteiger charge is -2.19. The zero-order chi connectivity index (χ0) is 20.0. The summed E-state index contributed by atoms with van der Waals surface area (Å²) in [6.45, 7) is 2.53. The van der Waals surface area contributed by atoms with Gasteiger partial charge in [-0.25, -0.2) is 4.68 Å². The molecular weight excluding hydrogens is 364 g/mol. The average molecular weight is 388 g/mol. The van der Waals surface area contributed by atoms with E-state index in [1.165, 1.54) is 12.8 Å². The summed E-state index contributed by atoms with van der Waals surface area (Å²) in [5.74, 6) is 0.846. The minimum absolute atomic E-state index is 0.0126. The monoisotopic (exact) mass is 388 g/mol. The molecule has 2 unspecified atom stereocenters. The molecule has 1 N–H and O–H groups in total. The van der Waals surface area contributed by atoms with Gasteiger partial charge >= 0.3 is 0 Å². The van der Waals surface area contributed by atoms with Crippen LogP contribution in [-0.4, -0.2) is 28.1 Å². The van der Waals surface area contributed by atoms with Crippen molar-refractivity contribution in [1.82, 2.24) is 9.78 Å². The van der Waals surface area contributed by atoms with E-state index in [2.05, 4.69) is 17.3 Å². The van der Waals surface area contributed by atoms with Crippen LogP contribution in [0.1, 0.15) is 32.2 Å². The van der Waals surface area contributed by atoms with Gasteiger partial charge in [0.05, 0.1) is 23.8 Å². The van der Waals surface area contributed by atoms with Crippen molar-refractivity contribution in [2.45, 2.75) is 32.2 Å². The third kappa shape index (κ3) is 3.28. The molecule has 3 aromatic rings. The van der Waals surface area contributed by atoms with Crippen LogP contribution in [-0.2, 0) is 9.59 Å². The van der Waals surface area contributed by atoms with Crippen LogP contribution in [0.15, 0.2) is 54.7 Å². The van der Waals surface area contributed by atoms with E-state index in [4.69, 9.17) is 0 Å². The van der Waals surface area contributed by atoms with E-state index in [1.807, 2.05) is 53.2 Å². The second kappa shape index (κ2) is 7.03. The van der Waals surface area contributed by atoms with Crippen LogP contribution in [0.25, 0.3) is 10.8 Å². The number of carbonyl (C=O) groups excluding carboxylic acids is 2. The zero-order valence-electron chi connectivity index (χ0n) is 16.4. The molecule has 5 rings (SSSR count). The second-order valence-electron chi connectivity index (χ2n) is 8.13. The van der Waals surface area contributed by atoms with Crippen LogP contribution in [0.5, 0.6) is 0 Å². The highest BCUT2D eigenvalue weighted by Gasteiger charge is 2.36. The molecule has 0 radical (unpaired) electrons. The highest BCUT2D eigenvalue weighted by atomic mass is 16.2. The van der Waals surface area contributed by atoms with Gasteiger partial charge in [0.25, 0.3) is 0 Å². The number of nitrogens with one attached hydrogen (secondary N) is 1. The molecule has 0 spiro atoms. The highest BCUT2D eigenvalue weighted by molar-refractivity contribution is 6.08. The summed E-state index contributed by atoms with van der Waals surface area (Å²) in [5, 5.41) is 9.52. The van der Waals surface area contributed by atoms with Crippen LogP contribution in [0, 0.1) is 11.8 Å². The maximum Gasteiger partial charge on any atom is 0.230 e. The van der Waals surface area contributed by atoms with Crippen molar-refractivity contribution in [2.75, 3.05) is 16.8 Å². The quantitative estimate of drug-likeness (QED) is 0.718. The van der Waals surface area contributed by atoms with Crippen molar-refractivity contribution < 1.29 is 9.59 Å². The fourth-order valence-corrected chi connectivity index (χ4v) is 4.30. The third-order valence-corrected chi connectivity index (χ3v) is 6.16. The molecule has 148 valence electrons. The Balaban J connectivity index is 1.34. The van der Waals surface area contributed by atoms with Crippen molar-refractivity contribution >= 4 is 34.1 Å². The molecule has 6 nitrogen and oxygen atoms in total. The number of carbonyl (C=O) groups is 2. The van der Waals surface area contributed by atoms with Crippen molar-refractivity contribution in [2.24, 2.45) is 11.8 Å². The van der Waals surface area contributed by atoms with Gasteiger partial charge in [-0.1, -0.05) is 36.4 Å². The van der Waals surface area contributed by atoms with E-state index in [9.17, 15) is 9.59 Å². The van der Waals surface area contributed by atoms with E-state index in [-0.39, 0.29) is 30.2 Å². The van der Waals surface area contributed by atoms with E-state index in [0.717, 1.165) is 16.5 Å². The largest absolute Gasteiger partial charge is 0.311 e. The Morgan fingerprint density at radius 1 is 1.14 bits per heavy atom. The maximum absolute atomic E-state index is 12.9. The molecule has 2 amide bonds. The van der Waals surface area contributed by atoms with Gasteiger partial charge in [-0.15, -0.1) is 0 Å². The molecule has 1 aliphatic carbocycles. The predicted molar refractivity (Wildman–Crippen MR) is 113 cm³/mol. The van der Waals surface area contributed by atoms with Crippen LogP contribution < -0.4 is 10.2 Å². The van der Waals surface area contributed by atoms with Gasteiger partial charge in [0.1, 0.15) is 5.82 Å². The first-order chi connectivity index (χ1) is 14.1. The molecule has 2 aliphatic rings. The summed E-state index contributed by atoms with van der Waals surface area (Å²) in [7, 11) is 0. The van der Waals surface area contributed by atoms with Crippen LogP contribution >= 0.6 is 0 Å². The lowest BCUT2D eigenvalue weighted by Crippen LogP contribution is -2.29. The van der Waals surface area contributed by atoms with Crippen molar-refractivity contribution in [1.29, 1.82) is 0 Å². The van der Waals surface area contributed by atoms with E-state index in [1.54, 1.807) is 11.1 Å². The van der Waals surface area contributed by atoms with Crippen LogP contribution in [0.2, 0.25) is 0 Å². The van der Waals surface area contributed by atoms with Gasteiger partial charge in [-0.2, -0.15) is 5.10 Å². The van der Waals surface area contributed by atoms with Crippen LogP contribution in [0.3, 0.4) is 0 Å². The first kappa shape index (κ1) is 17.9. The molecule has 2 heterocycles. The van der Waals surface area contributed by atoms with Gasteiger partial charge in [0.2, 0.25) is 11.8 Å². The van der Waals surface area contributed by atoms with Gasteiger partial charge < -0.3 is 10.2 Å². The van der Waals surface area contributed by atoms with E-state index < -0.39 is 0 Å². The third-order valence-electron chi connectivity index (χ3n) is 6.16. The van der Waals surface area contributed by atoms with E-state index >= 15 is 0 Å². The van der Waals surface area contributed by atoms with Gasteiger partial charge in [-0.05, 0) is 37.1 Å². The Morgan fingerprint density at radius 3 is 2.76 bits per heavy atom. The smallest absolute Gasteiger partial charge is 0.230 e. The second-order valence-corrected chi connectivity index (χ2v) is 8.13. The summed E-state index contributed by atoms with van der Waals surface area (Å²) >= 11 is 0. The summed E-state index contributed by atoms with van der Waals surface area (Å²) in [4.78, 5) is 27.4. The number of fused-ring (bicyclic) bond motifs is 1. The Bertz CT molecular complexity index is 1080. The molecule has 29 heavy (non-hydrogen) atoms. The van der Waals surface area contributed by atoms with Gasteiger partial charge in [0, 0.05) is 24.4 Å². The van der Waals surface area contributed by atoms with Crippen molar-refractivity contribution in [3.05, 3.63) is 54.7 Å². The van der Waals surface area contributed by atoms with Gasteiger partial charge in [0.15, 0.2) is 0 Å². The Labute approximate surface area is 169 Å². The zero-order valence-corrected chi connectivity index (χ0v) is 16.4. The summed E-state index contributed by atoms with van der Waals surface area (Å²) < 4.78 is 1.90. The van der Waals surface area contributed by atoms with Crippen LogP contribution in [0.4, 0.5) is 11.5 Å². The molecule has 2 atom stereocenters. The Morgan fingerprint density at radius 2 is 1.93 bits per heavy atom. The molecule has 1 saturated heterocycles. The summed E-state index contributed by atoms with van der Waals surface area (Å²) in [6, 6.07) is 16.1. The topological polar surface area (TPSA) is 67.2 Å². The number of nitrogens with zero attached hydrogens (tertiary/aromatic N) is 3.